The smallest absolute Gasteiger partial charge is 0.224 e. The molecule has 1 fully saturated rings. The van der Waals surface area contributed by atoms with Crippen LogP contribution in [0, 0.1) is 0 Å². The Morgan fingerprint density at radius 3 is 2.95 bits per heavy atom. The van der Waals surface area contributed by atoms with Crippen LogP contribution in [0.2, 0.25) is 0 Å². The van der Waals surface area contributed by atoms with Crippen molar-refractivity contribution in [1.82, 2.24) is 15.6 Å². The summed E-state index contributed by atoms with van der Waals surface area (Å²) in [6, 6.07) is 4.33. The molecule has 0 saturated heterocycles. The van der Waals surface area contributed by atoms with E-state index in [9.17, 15) is 4.79 Å². The second-order valence-electron chi connectivity index (χ2n) is 6.27. The molecular formula is C18H25N3O. The predicted octanol–water partition coefficient (Wildman–Crippen LogP) is 2.45. The van der Waals surface area contributed by atoms with Crippen molar-refractivity contribution in [2.24, 2.45) is 0 Å². The average Bonchev–Trinajstić information content (AvgIpc) is 2.57. The van der Waals surface area contributed by atoms with Gasteiger partial charge in [0.05, 0.1) is 12.1 Å². The maximum Gasteiger partial charge on any atom is 0.224 e. The highest BCUT2D eigenvalue weighted by Crippen LogP contribution is 2.22. The third-order valence-corrected chi connectivity index (χ3v) is 4.58. The third kappa shape index (κ3) is 3.95. The summed E-state index contributed by atoms with van der Waals surface area (Å²) in [6.07, 6.45) is 11.5. The lowest BCUT2D eigenvalue weighted by atomic mass is 9.95. The molecule has 0 spiro atoms. The fourth-order valence-electron chi connectivity index (χ4n) is 3.41. The van der Waals surface area contributed by atoms with Crippen LogP contribution in [0.4, 0.5) is 0 Å². The number of nitrogens with zero attached hydrogens (tertiary/aromatic N) is 1. The maximum absolute atomic E-state index is 12.3. The Kier molecular flexibility index (Phi) is 5.22. The lowest BCUT2D eigenvalue weighted by Gasteiger charge is -2.23. The zero-order chi connectivity index (χ0) is 15.2. The van der Waals surface area contributed by atoms with Crippen LogP contribution in [0.15, 0.2) is 24.4 Å². The number of nitrogens with one attached hydrogen (secondary N) is 2. The van der Waals surface area contributed by atoms with Gasteiger partial charge in [0, 0.05) is 18.8 Å². The normalized spacial score (nSPS) is 19.5. The van der Waals surface area contributed by atoms with Crippen molar-refractivity contribution in [3.05, 3.63) is 35.7 Å². The van der Waals surface area contributed by atoms with Crippen molar-refractivity contribution in [1.29, 1.82) is 0 Å². The molecule has 4 heteroatoms. The van der Waals surface area contributed by atoms with E-state index in [4.69, 9.17) is 0 Å². The zero-order valence-corrected chi connectivity index (χ0v) is 13.1. The first-order valence-corrected chi connectivity index (χ1v) is 8.46. The summed E-state index contributed by atoms with van der Waals surface area (Å²) in [6.45, 7) is 1.87. The number of rotatable bonds is 4. The number of pyridine rings is 1. The number of hydrogen-bond acceptors (Lipinski definition) is 3. The van der Waals surface area contributed by atoms with E-state index in [1.54, 1.807) is 0 Å². The Hall–Kier alpha value is -1.68. The molecule has 1 aliphatic carbocycles. The largest absolute Gasteiger partial charge is 0.353 e. The molecule has 2 N–H and O–H groups in total. The Labute approximate surface area is 132 Å². The zero-order valence-electron chi connectivity index (χ0n) is 13.1. The molecule has 118 valence electrons. The quantitative estimate of drug-likeness (QED) is 0.898. The molecule has 1 saturated carbocycles. The fourth-order valence-corrected chi connectivity index (χ4v) is 3.41. The molecule has 1 aliphatic heterocycles. The molecule has 1 amide bonds. The van der Waals surface area contributed by atoms with Gasteiger partial charge in [-0.1, -0.05) is 31.4 Å². The van der Waals surface area contributed by atoms with E-state index in [0.717, 1.165) is 43.6 Å². The van der Waals surface area contributed by atoms with Gasteiger partial charge in [0.2, 0.25) is 5.91 Å². The van der Waals surface area contributed by atoms with Gasteiger partial charge in [0.25, 0.3) is 0 Å². The van der Waals surface area contributed by atoms with Gasteiger partial charge in [-0.25, -0.2) is 0 Å². The maximum atomic E-state index is 12.3. The molecule has 1 aromatic rings. The molecule has 0 radical (unpaired) electrons. The van der Waals surface area contributed by atoms with Crippen LogP contribution in [0.5, 0.6) is 0 Å². The number of hydrogen-bond donors (Lipinski definition) is 2. The second-order valence-corrected chi connectivity index (χ2v) is 6.27. The summed E-state index contributed by atoms with van der Waals surface area (Å²) >= 11 is 0. The molecule has 0 atom stereocenters. The van der Waals surface area contributed by atoms with Crippen molar-refractivity contribution in [3.8, 4) is 0 Å². The summed E-state index contributed by atoms with van der Waals surface area (Å²) in [5.74, 6) is 0.135. The Morgan fingerprint density at radius 2 is 2.18 bits per heavy atom. The molecule has 2 heterocycles. The molecule has 0 aromatic carbocycles. The second kappa shape index (κ2) is 7.54. The van der Waals surface area contributed by atoms with E-state index in [1.807, 2.05) is 18.3 Å². The first-order valence-electron chi connectivity index (χ1n) is 8.46. The van der Waals surface area contributed by atoms with Crippen LogP contribution < -0.4 is 10.6 Å². The monoisotopic (exact) mass is 299 g/mol. The lowest BCUT2D eigenvalue weighted by molar-refractivity contribution is -0.121. The van der Waals surface area contributed by atoms with E-state index in [2.05, 4.69) is 21.7 Å². The lowest BCUT2D eigenvalue weighted by Crippen LogP contribution is -2.37. The van der Waals surface area contributed by atoms with Gasteiger partial charge in [-0.2, -0.15) is 0 Å². The molecule has 2 aliphatic rings. The first-order chi connectivity index (χ1) is 10.8. The highest BCUT2D eigenvalue weighted by molar-refractivity contribution is 5.81. The van der Waals surface area contributed by atoms with Gasteiger partial charge < -0.3 is 10.6 Å². The molecular weight excluding hydrogens is 274 g/mol. The summed E-state index contributed by atoms with van der Waals surface area (Å²) in [4.78, 5) is 16.9. The summed E-state index contributed by atoms with van der Waals surface area (Å²) in [5.41, 5.74) is 3.31. The van der Waals surface area contributed by atoms with Gasteiger partial charge >= 0.3 is 0 Å². The summed E-state index contributed by atoms with van der Waals surface area (Å²) < 4.78 is 0. The Morgan fingerprint density at radius 1 is 1.32 bits per heavy atom. The molecule has 4 nitrogen and oxygen atoms in total. The average molecular weight is 299 g/mol. The molecule has 0 bridgehead atoms. The van der Waals surface area contributed by atoms with Gasteiger partial charge in [0.1, 0.15) is 0 Å². The Bertz CT molecular complexity index is 547. The van der Waals surface area contributed by atoms with E-state index in [0.29, 0.717) is 12.5 Å². The third-order valence-electron chi connectivity index (χ3n) is 4.58. The van der Waals surface area contributed by atoms with Crippen LogP contribution in [-0.2, 0) is 11.2 Å². The van der Waals surface area contributed by atoms with Gasteiger partial charge in [-0.3, -0.25) is 9.78 Å². The highest BCUT2D eigenvalue weighted by atomic mass is 16.1. The van der Waals surface area contributed by atoms with Crippen LogP contribution in [0.1, 0.15) is 49.8 Å². The fraction of sp³-hybridized carbons (Fsp3) is 0.556. The van der Waals surface area contributed by atoms with E-state index >= 15 is 0 Å². The SMILES string of the molecule is O=C(Cc1cccnc1C1=CCNCC1)NC1CCCCC1. The van der Waals surface area contributed by atoms with Gasteiger partial charge in [0.15, 0.2) is 0 Å². The topological polar surface area (TPSA) is 54.0 Å². The number of carbonyl (C=O) groups is 1. The first kappa shape index (κ1) is 15.2. The van der Waals surface area contributed by atoms with E-state index < -0.39 is 0 Å². The number of carbonyl (C=O) groups excluding carboxylic acids is 1. The van der Waals surface area contributed by atoms with E-state index in [1.165, 1.54) is 24.8 Å². The van der Waals surface area contributed by atoms with Gasteiger partial charge in [-0.05, 0) is 43.0 Å². The van der Waals surface area contributed by atoms with Crippen molar-refractivity contribution in [2.75, 3.05) is 13.1 Å². The van der Waals surface area contributed by atoms with Crippen molar-refractivity contribution < 1.29 is 4.79 Å². The van der Waals surface area contributed by atoms with Crippen LogP contribution in [-0.4, -0.2) is 30.0 Å². The van der Waals surface area contributed by atoms with Crippen molar-refractivity contribution in [3.63, 3.8) is 0 Å². The molecule has 22 heavy (non-hydrogen) atoms. The minimum atomic E-state index is 0.135. The van der Waals surface area contributed by atoms with Crippen LogP contribution in [0.3, 0.4) is 0 Å². The number of aromatic nitrogens is 1. The Balaban J connectivity index is 1.66. The summed E-state index contributed by atoms with van der Waals surface area (Å²) in [5, 5.41) is 6.51. The van der Waals surface area contributed by atoms with Crippen molar-refractivity contribution >= 4 is 11.5 Å². The minimum absolute atomic E-state index is 0.135. The van der Waals surface area contributed by atoms with E-state index in [-0.39, 0.29) is 5.91 Å². The van der Waals surface area contributed by atoms with Crippen molar-refractivity contribution in [2.45, 2.75) is 51.0 Å². The van der Waals surface area contributed by atoms with Crippen LogP contribution >= 0.6 is 0 Å². The number of amides is 1. The minimum Gasteiger partial charge on any atom is -0.353 e. The molecule has 3 rings (SSSR count). The standard InChI is InChI=1S/C18H25N3O/c22-17(21-16-6-2-1-3-7-16)13-15-5-4-10-20-18(15)14-8-11-19-12-9-14/h4-5,8,10,16,19H,1-3,6-7,9,11-13H2,(H,21,22). The predicted molar refractivity (Wildman–Crippen MR) is 88.4 cm³/mol. The summed E-state index contributed by atoms with van der Waals surface area (Å²) in [7, 11) is 0. The highest BCUT2D eigenvalue weighted by Gasteiger charge is 2.18. The molecule has 0 unspecified atom stereocenters. The van der Waals surface area contributed by atoms with Gasteiger partial charge in [-0.15, -0.1) is 0 Å². The molecule has 1 aromatic heterocycles. The van der Waals surface area contributed by atoms with Crippen LogP contribution in [0.25, 0.3) is 5.57 Å².